The van der Waals surface area contributed by atoms with Crippen LogP contribution < -0.4 is 9.47 Å². The molecule has 6 rings (SSSR count). The van der Waals surface area contributed by atoms with E-state index in [-0.39, 0.29) is 5.69 Å². The van der Waals surface area contributed by atoms with Crippen molar-refractivity contribution in [2.45, 2.75) is 6.92 Å². The van der Waals surface area contributed by atoms with Crippen LogP contribution in [0.25, 0.3) is 33.7 Å². The molecule has 0 amide bonds. The van der Waals surface area contributed by atoms with Crippen molar-refractivity contribution in [2.75, 3.05) is 13.2 Å². The Hall–Kier alpha value is -4.59. The summed E-state index contributed by atoms with van der Waals surface area (Å²) in [7, 11) is 0. The highest BCUT2D eigenvalue weighted by Crippen LogP contribution is 2.38. The Morgan fingerprint density at radius 2 is 1.71 bits per heavy atom. The molecule has 0 saturated carbocycles. The third-order valence-electron chi connectivity index (χ3n) is 6.03. The van der Waals surface area contributed by atoms with Gasteiger partial charge in [-0.05, 0) is 65.1 Å². The lowest BCUT2D eigenvalue weighted by Crippen LogP contribution is -2.15. The van der Waals surface area contributed by atoms with Gasteiger partial charge in [0.15, 0.2) is 23.0 Å². The molecule has 168 valence electrons. The second-order valence-electron chi connectivity index (χ2n) is 8.05. The van der Waals surface area contributed by atoms with Gasteiger partial charge in [-0.2, -0.15) is 5.10 Å². The number of hydrogen-bond donors (Lipinski definition) is 1. The van der Waals surface area contributed by atoms with E-state index in [1.807, 2.05) is 40.9 Å². The number of rotatable bonds is 4. The molecule has 1 aliphatic heterocycles. The maximum Gasteiger partial charge on any atom is 0.356 e. The number of hydrogen-bond acceptors (Lipinski definition) is 5. The van der Waals surface area contributed by atoms with Crippen LogP contribution >= 0.6 is 0 Å². The van der Waals surface area contributed by atoms with Crippen LogP contribution in [0.4, 0.5) is 0 Å². The van der Waals surface area contributed by atoms with E-state index in [1.54, 1.807) is 12.4 Å². The van der Waals surface area contributed by atoms with Gasteiger partial charge in [0.05, 0.1) is 6.20 Å². The van der Waals surface area contributed by atoms with E-state index in [9.17, 15) is 4.79 Å². The number of imidazole rings is 1. The van der Waals surface area contributed by atoms with Gasteiger partial charge in [0.25, 0.3) is 0 Å². The molecule has 5 aromatic rings. The molecule has 1 aliphatic rings. The van der Waals surface area contributed by atoms with Crippen molar-refractivity contribution >= 4 is 11.6 Å². The Labute approximate surface area is 194 Å². The zero-order chi connectivity index (χ0) is 23.2. The lowest BCUT2D eigenvalue weighted by molar-refractivity contribution is 0.0690. The molecule has 8 nitrogen and oxygen atoms in total. The first-order valence-electron chi connectivity index (χ1n) is 10.8. The molecular weight excluding hydrogens is 432 g/mol. The maximum absolute atomic E-state index is 11.2. The third kappa shape index (κ3) is 3.27. The fourth-order valence-corrected chi connectivity index (χ4v) is 4.34. The molecule has 8 heteroatoms. The molecule has 34 heavy (non-hydrogen) atoms. The zero-order valence-corrected chi connectivity index (χ0v) is 18.3. The van der Waals surface area contributed by atoms with E-state index in [2.05, 4.69) is 35.2 Å². The highest BCUT2D eigenvalue weighted by atomic mass is 16.6. The minimum atomic E-state index is -1.07. The van der Waals surface area contributed by atoms with E-state index in [4.69, 9.17) is 14.6 Å². The first kappa shape index (κ1) is 20.0. The number of ether oxygens (including phenoxy) is 2. The average molecular weight is 452 g/mol. The van der Waals surface area contributed by atoms with Crippen molar-refractivity contribution in [3.63, 3.8) is 0 Å². The fourth-order valence-electron chi connectivity index (χ4n) is 4.34. The molecule has 0 saturated heterocycles. The highest BCUT2D eigenvalue weighted by molar-refractivity contribution is 5.85. The smallest absolute Gasteiger partial charge is 0.356 e. The summed E-state index contributed by atoms with van der Waals surface area (Å²) in [5, 5.41) is 13.3. The zero-order valence-electron chi connectivity index (χ0n) is 18.3. The van der Waals surface area contributed by atoms with E-state index in [0.717, 1.165) is 45.0 Å². The van der Waals surface area contributed by atoms with Crippen molar-refractivity contribution in [1.82, 2.24) is 19.2 Å². The van der Waals surface area contributed by atoms with Crippen LogP contribution in [0.3, 0.4) is 0 Å². The van der Waals surface area contributed by atoms with E-state index < -0.39 is 5.97 Å². The average Bonchev–Trinajstić information content (AvgIpc) is 3.51. The van der Waals surface area contributed by atoms with Gasteiger partial charge < -0.3 is 14.6 Å². The molecular formula is C26H20N4O4. The molecule has 4 heterocycles. The number of aromatic carboxylic acids is 1. The minimum Gasteiger partial charge on any atom is -0.486 e. The molecule has 0 spiro atoms. The summed E-state index contributed by atoms with van der Waals surface area (Å²) in [5.41, 5.74) is 6.20. The highest BCUT2D eigenvalue weighted by Gasteiger charge is 2.16. The Bertz CT molecular complexity index is 1570. The van der Waals surface area contributed by atoms with Gasteiger partial charge in [-0.1, -0.05) is 24.3 Å². The monoisotopic (exact) mass is 452 g/mol. The van der Waals surface area contributed by atoms with E-state index in [0.29, 0.717) is 19.0 Å². The molecule has 2 aromatic carbocycles. The largest absolute Gasteiger partial charge is 0.486 e. The van der Waals surface area contributed by atoms with Gasteiger partial charge in [0.1, 0.15) is 18.9 Å². The molecule has 0 atom stereocenters. The van der Waals surface area contributed by atoms with Gasteiger partial charge in [-0.3, -0.25) is 4.40 Å². The van der Waals surface area contributed by atoms with Crippen molar-refractivity contribution in [2.24, 2.45) is 0 Å². The van der Waals surface area contributed by atoms with Gasteiger partial charge in [-0.25, -0.2) is 14.5 Å². The lowest BCUT2D eigenvalue weighted by Gasteiger charge is -2.19. The second kappa shape index (κ2) is 7.77. The third-order valence-corrected chi connectivity index (χ3v) is 6.03. The number of carboxylic acids is 1. The number of benzene rings is 2. The molecule has 0 bridgehead atoms. The Balaban J connectivity index is 1.39. The van der Waals surface area contributed by atoms with E-state index in [1.165, 1.54) is 10.7 Å². The molecule has 0 radical (unpaired) electrons. The number of nitrogens with zero attached hydrogens (tertiary/aromatic N) is 4. The first-order chi connectivity index (χ1) is 16.6. The van der Waals surface area contributed by atoms with Crippen molar-refractivity contribution in [1.29, 1.82) is 0 Å². The fraction of sp³-hybridized carbons (Fsp3) is 0.115. The number of aromatic nitrogens is 4. The second-order valence-corrected chi connectivity index (χ2v) is 8.05. The molecule has 0 unspecified atom stereocenters. The van der Waals surface area contributed by atoms with Gasteiger partial charge in [0, 0.05) is 12.4 Å². The van der Waals surface area contributed by atoms with Crippen LogP contribution in [-0.4, -0.2) is 43.5 Å². The Kier molecular flexibility index (Phi) is 4.58. The molecule has 0 aliphatic carbocycles. The summed E-state index contributed by atoms with van der Waals surface area (Å²) in [6, 6.07) is 17.8. The van der Waals surface area contributed by atoms with Gasteiger partial charge in [0.2, 0.25) is 0 Å². The predicted molar refractivity (Wildman–Crippen MR) is 126 cm³/mol. The Morgan fingerprint density at radius 1 is 0.941 bits per heavy atom. The van der Waals surface area contributed by atoms with Gasteiger partial charge >= 0.3 is 5.97 Å². The van der Waals surface area contributed by atoms with Crippen LogP contribution in [0.1, 0.15) is 16.1 Å². The summed E-state index contributed by atoms with van der Waals surface area (Å²) >= 11 is 0. The number of carbonyl (C=O) groups is 1. The normalized spacial score (nSPS) is 12.7. The molecule has 1 N–H and O–H groups in total. The number of fused-ring (bicyclic) bond motifs is 2. The summed E-state index contributed by atoms with van der Waals surface area (Å²) in [4.78, 5) is 15.7. The SMILES string of the molecule is Cc1c(-c2ccc3c(c2)OCCO3)cccc1-c1ccn2c(-n3ccc(C(=O)O)n3)cnc2c1. The topological polar surface area (TPSA) is 90.9 Å². The lowest BCUT2D eigenvalue weighted by atomic mass is 9.93. The summed E-state index contributed by atoms with van der Waals surface area (Å²) in [6.07, 6.45) is 5.21. The van der Waals surface area contributed by atoms with Crippen molar-refractivity contribution in [3.05, 3.63) is 84.4 Å². The standard InChI is InChI=1S/C26H20N4O4/c1-16-19(17-5-6-22-23(13-17)34-12-11-33-22)3-2-4-20(16)18-7-9-29-24(14-18)27-15-25(29)30-10-8-21(28-30)26(31)32/h2-10,13-15H,11-12H2,1H3,(H,31,32). The number of pyridine rings is 1. The quantitative estimate of drug-likeness (QED) is 0.428. The Morgan fingerprint density at radius 3 is 2.47 bits per heavy atom. The van der Waals surface area contributed by atoms with Crippen molar-refractivity contribution in [3.8, 4) is 39.6 Å². The minimum absolute atomic E-state index is 0.0156. The molecule has 0 fully saturated rings. The summed E-state index contributed by atoms with van der Waals surface area (Å²) < 4.78 is 14.8. The van der Waals surface area contributed by atoms with Crippen LogP contribution in [0, 0.1) is 6.92 Å². The summed E-state index contributed by atoms with van der Waals surface area (Å²) in [5.74, 6) is 1.14. The van der Waals surface area contributed by atoms with Gasteiger partial charge in [-0.15, -0.1) is 0 Å². The van der Waals surface area contributed by atoms with Crippen LogP contribution in [-0.2, 0) is 0 Å². The summed E-state index contributed by atoms with van der Waals surface area (Å²) in [6.45, 7) is 3.23. The molecule has 3 aromatic heterocycles. The van der Waals surface area contributed by atoms with E-state index >= 15 is 0 Å². The predicted octanol–water partition coefficient (Wildman–Crippen LogP) is 4.63. The van der Waals surface area contributed by atoms with Crippen LogP contribution in [0.5, 0.6) is 11.5 Å². The maximum atomic E-state index is 11.2. The van der Waals surface area contributed by atoms with Crippen molar-refractivity contribution < 1.29 is 19.4 Å². The van der Waals surface area contributed by atoms with Crippen LogP contribution in [0.15, 0.2) is 73.2 Å². The first-order valence-corrected chi connectivity index (χ1v) is 10.8. The number of carboxylic acid groups (broad SMARTS) is 1. The van der Waals surface area contributed by atoms with Crippen LogP contribution in [0.2, 0.25) is 0 Å².